The Bertz CT molecular complexity index is 319. The number of nitrogens with zero attached hydrogens (tertiary/aromatic N) is 2. The van der Waals surface area contributed by atoms with Crippen LogP contribution >= 0.6 is 11.3 Å². The number of carbonyl (C=O) groups is 1. The zero-order valence-electron chi connectivity index (χ0n) is 8.77. The van der Waals surface area contributed by atoms with E-state index in [1.165, 1.54) is 11.3 Å². The molecule has 4 nitrogen and oxygen atoms in total. The third kappa shape index (κ3) is 2.18. The minimum absolute atomic E-state index is 0.00569. The third-order valence-corrected chi connectivity index (χ3v) is 3.39. The lowest BCUT2D eigenvalue weighted by Gasteiger charge is -2.21. The molecule has 1 aromatic heterocycles. The standard InChI is InChI=1S/C10H15N3OS/c1-2-13(10-12-6-7-15-10)9(14)8-4-3-5-11-8/h6-8,11H,2-5H2,1H3. The van der Waals surface area contributed by atoms with Gasteiger partial charge in [-0.3, -0.25) is 9.69 Å². The summed E-state index contributed by atoms with van der Waals surface area (Å²) in [6, 6.07) is -0.00569. The smallest absolute Gasteiger partial charge is 0.245 e. The lowest BCUT2D eigenvalue weighted by atomic mass is 10.2. The van der Waals surface area contributed by atoms with Gasteiger partial charge >= 0.3 is 0 Å². The number of aromatic nitrogens is 1. The Balaban J connectivity index is 2.09. The Hall–Kier alpha value is -0.940. The van der Waals surface area contributed by atoms with Gasteiger partial charge in [0.2, 0.25) is 5.91 Å². The molecule has 0 bridgehead atoms. The van der Waals surface area contributed by atoms with Crippen LogP contribution in [0, 0.1) is 0 Å². The second-order valence-corrected chi connectivity index (χ2v) is 4.42. The molecule has 1 atom stereocenters. The van der Waals surface area contributed by atoms with Crippen LogP contribution in [0.5, 0.6) is 0 Å². The lowest BCUT2D eigenvalue weighted by Crippen LogP contribution is -2.43. The molecule has 1 N–H and O–H groups in total. The van der Waals surface area contributed by atoms with Gasteiger partial charge in [-0.05, 0) is 26.3 Å². The van der Waals surface area contributed by atoms with Crippen LogP contribution in [0.1, 0.15) is 19.8 Å². The number of thiazole rings is 1. The first-order valence-corrected chi connectivity index (χ1v) is 6.15. The summed E-state index contributed by atoms with van der Waals surface area (Å²) in [4.78, 5) is 18.0. The van der Waals surface area contributed by atoms with Crippen LogP contribution in [0.15, 0.2) is 11.6 Å². The van der Waals surface area contributed by atoms with Crippen LogP contribution in [0.2, 0.25) is 0 Å². The van der Waals surface area contributed by atoms with Crippen molar-refractivity contribution in [3.63, 3.8) is 0 Å². The number of hydrogen-bond donors (Lipinski definition) is 1. The fourth-order valence-electron chi connectivity index (χ4n) is 1.82. The van der Waals surface area contributed by atoms with Crippen molar-refractivity contribution in [2.75, 3.05) is 18.0 Å². The van der Waals surface area contributed by atoms with E-state index in [-0.39, 0.29) is 11.9 Å². The molecule has 5 heteroatoms. The molecular formula is C10H15N3OS. The number of nitrogens with one attached hydrogen (secondary N) is 1. The molecule has 2 rings (SSSR count). The van der Waals surface area contributed by atoms with Gasteiger partial charge in [0.25, 0.3) is 0 Å². The van der Waals surface area contributed by atoms with Crippen LogP contribution in [0.4, 0.5) is 5.13 Å². The van der Waals surface area contributed by atoms with E-state index >= 15 is 0 Å². The molecule has 1 aliphatic heterocycles. The van der Waals surface area contributed by atoms with Crippen LogP contribution in [-0.4, -0.2) is 30.0 Å². The molecule has 2 heterocycles. The Morgan fingerprint density at radius 2 is 2.67 bits per heavy atom. The second-order valence-electron chi connectivity index (χ2n) is 3.55. The summed E-state index contributed by atoms with van der Waals surface area (Å²) in [5, 5.41) is 5.92. The predicted octanol–water partition coefficient (Wildman–Crippen LogP) is 1.25. The van der Waals surface area contributed by atoms with Gasteiger partial charge in [0.05, 0.1) is 6.04 Å². The highest BCUT2D eigenvalue weighted by atomic mass is 32.1. The maximum atomic E-state index is 12.1. The second kappa shape index (κ2) is 4.72. The summed E-state index contributed by atoms with van der Waals surface area (Å²) in [7, 11) is 0. The molecule has 1 aromatic rings. The van der Waals surface area contributed by atoms with Crippen LogP contribution in [0.25, 0.3) is 0 Å². The summed E-state index contributed by atoms with van der Waals surface area (Å²) in [5.74, 6) is 0.157. The average molecular weight is 225 g/mol. The molecule has 0 aliphatic carbocycles. The van der Waals surface area contributed by atoms with E-state index < -0.39 is 0 Å². The summed E-state index contributed by atoms with van der Waals surface area (Å²) < 4.78 is 0. The zero-order valence-corrected chi connectivity index (χ0v) is 9.59. The largest absolute Gasteiger partial charge is 0.306 e. The van der Waals surface area contributed by atoms with E-state index in [0.29, 0.717) is 6.54 Å². The van der Waals surface area contributed by atoms with Gasteiger partial charge in [-0.25, -0.2) is 4.98 Å². The lowest BCUT2D eigenvalue weighted by molar-refractivity contribution is -0.120. The van der Waals surface area contributed by atoms with Gasteiger partial charge in [-0.15, -0.1) is 11.3 Å². The van der Waals surface area contributed by atoms with Crippen LogP contribution in [0.3, 0.4) is 0 Å². The van der Waals surface area contributed by atoms with E-state index in [0.717, 1.165) is 24.5 Å². The monoisotopic (exact) mass is 225 g/mol. The first-order valence-electron chi connectivity index (χ1n) is 5.27. The highest BCUT2D eigenvalue weighted by molar-refractivity contribution is 7.13. The van der Waals surface area contributed by atoms with Crippen molar-refractivity contribution in [2.24, 2.45) is 0 Å². The molecule has 82 valence electrons. The quantitative estimate of drug-likeness (QED) is 0.842. The van der Waals surface area contributed by atoms with Crippen molar-refractivity contribution in [2.45, 2.75) is 25.8 Å². The minimum Gasteiger partial charge on any atom is -0.306 e. The molecule has 0 aromatic carbocycles. The Kier molecular flexibility index (Phi) is 3.33. The van der Waals surface area contributed by atoms with Crippen LogP contribution < -0.4 is 10.2 Å². The zero-order chi connectivity index (χ0) is 10.7. The van der Waals surface area contributed by atoms with Crippen molar-refractivity contribution in [1.82, 2.24) is 10.3 Å². The Labute approximate surface area is 93.3 Å². The molecule has 15 heavy (non-hydrogen) atoms. The van der Waals surface area contributed by atoms with E-state index in [1.807, 2.05) is 12.3 Å². The van der Waals surface area contributed by atoms with Gasteiger partial charge in [-0.1, -0.05) is 0 Å². The van der Waals surface area contributed by atoms with Gasteiger partial charge in [0.1, 0.15) is 0 Å². The highest BCUT2D eigenvalue weighted by Crippen LogP contribution is 2.19. The van der Waals surface area contributed by atoms with Crippen molar-refractivity contribution in [1.29, 1.82) is 0 Å². The number of amides is 1. The van der Waals surface area contributed by atoms with E-state index in [1.54, 1.807) is 11.1 Å². The highest BCUT2D eigenvalue weighted by Gasteiger charge is 2.27. The summed E-state index contributed by atoms with van der Waals surface area (Å²) in [5.41, 5.74) is 0. The predicted molar refractivity (Wildman–Crippen MR) is 61.2 cm³/mol. The minimum atomic E-state index is -0.00569. The molecule has 0 spiro atoms. The summed E-state index contributed by atoms with van der Waals surface area (Å²) >= 11 is 1.51. The van der Waals surface area contributed by atoms with Gasteiger partial charge < -0.3 is 5.32 Å². The molecular weight excluding hydrogens is 210 g/mol. The fourth-order valence-corrected chi connectivity index (χ4v) is 2.53. The Morgan fingerprint density at radius 3 is 3.20 bits per heavy atom. The first kappa shape index (κ1) is 10.6. The average Bonchev–Trinajstić information content (AvgIpc) is 2.91. The summed E-state index contributed by atoms with van der Waals surface area (Å²) in [6.45, 7) is 3.62. The topological polar surface area (TPSA) is 45.2 Å². The van der Waals surface area contributed by atoms with Gasteiger partial charge in [-0.2, -0.15) is 0 Å². The number of hydrogen-bond acceptors (Lipinski definition) is 4. The fraction of sp³-hybridized carbons (Fsp3) is 0.600. The van der Waals surface area contributed by atoms with E-state index in [2.05, 4.69) is 10.3 Å². The Morgan fingerprint density at radius 1 is 1.80 bits per heavy atom. The maximum absolute atomic E-state index is 12.1. The molecule has 1 saturated heterocycles. The number of anilines is 1. The van der Waals surface area contributed by atoms with Crippen molar-refractivity contribution >= 4 is 22.4 Å². The molecule has 0 saturated carbocycles. The normalized spacial score (nSPS) is 20.5. The van der Waals surface area contributed by atoms with Gasteiger partial charge in [0, 0.05) is 18.1 Å². The third-order valence-electron chi connectivity index (χ3n) is 2.59. The number of carbonyl (C=O) groups excluding carboxylic acids is 1. The number of likely N-dealkylation sites (N-methyl/N-ethyl adjacent to an activating group) is 1. The van der Waals surface area contributed by atoms with Crippen molar-refractivity contribution < 1.29 is 4.79 Å². The van der Waals surface area contributed by atoms with E-state index in [4.69, 9.17) is 0 Å². The van der Waals surface area contributed by atoms with Crippen molar-refractivity contribution in [3.05, 3.63) is 11.6 Å². The van der Waals surface area contributed by atoms with Crippen molar-refractivity contribution in [3.8, 4) is 0 Å². The molecule has 0 radical (unpaired) electrons. The molecule has 1 fully saturated rings. The molecule has 1 unspecified atom stereocenters. The molecule has 1 amide bonds. The molecule has 1 aliphatic rings. The van der Waals surface area contributed by atoms with Gasteiger partial charge in [0.15, 0.2) is 5.13 Å². The number of rotatable bonds is 3. The van der Waals surface area contributed by atoms with Crippen LogP contribution in [-0.2, 0) is 4.79 Å². The van der Waals surface area contributed by atoms with E-state index in [9.17, 15) is 4.79 Å². The SMILES string of the molecule is CCN(C(=O)C1CCCN1)c1nccs1. The maximum Gasteiger partial charge on any atom is 0.245 e. The summed E-state index contributed by atoms with van der Waals surface area (Å²) in [6.07, 6.45) is 3.77. The first-order chi connectivity index (χ1) is 7.33.